The Hall–Kier alpha value is -3.41. The van der Waals surface area contributed by atoms with E-state index in [-0.39, 0.29) is 17.3 Å². The van der Waals surface area contributed by atoms with E-state index in [1.54, 1.807) is 13.3 Å². The Labute approximate surface area is 179 Å². The standard InChI is InChI=1S/C25H25N3O3/c1-15-8-6-12-20(16(15)2)28-24(29)19-14-26-22-18(11-7-13-21(22)31-3)23(19)27(25(28)30)17-9-4-5-10-17/h6-8,11-14,17H,4-5,9-10H2,1-3H3. The number of para-hydroxylation sites is 1. The molecule has 0 saturated heterocycles. The molecule has 0 N–H and O–H groups in total. The molecular weight excluding hydrogens is 390 g/mol. The zero-order chi connectivity index (χ0) is 21.7. The molecule has 0 spiro atoms. The lowest BCUT2D eigenvalue weighted by atomic mass is 10.1. The van der Waals surface area contributed by atoms with E-state index in [1.807, 2.05) is 54.8 Å². The van der Waals surface area contributed by atoms with Crippen LogP contribution in [0.3, 0.4) is 0 Å². The quantitative estimate of drug-likeness (QED) is 0.464. The van der Waals surface area contributed by atoms with Crippen LogP contribution < -0.4 is 16.0 Å². The normalized spacial score (nSPS) is 14.5. The highest BCUT2D eigenvalue weighted by Crippen LogP contribution is 2.34. The van der Waals surface area contributed by atoms with Gasteiger partial charge in [0, 0.05) is 17.6 Å². The zero-order valence-corrected chi connectivity index (χ0v) is 18.0. The molecule has 2 aromatic heterocycles. The van der Waals surface area contributed by atoms with Crippen LogP contribution in [0.25, 0.3) is 27.5 Å². The highest BCUT2D eigenvalue weighted by atomic mass is 16.5. The molecule has 2 aromatic carbocycles. The molecule has 1 aliphatic carbocycles. The largest absolute Gasteiger partial charge is 0.494 e. The number of pyridine rings is 1. The Morgan fingerprint density at radius 3 is 2.48 bits per heavy atom. The van der Waals surface area contributed by atoms with Crippen LogP contribution in [0.2, 0.25) is 0 Å². The van der Waals surface area contributed by atoms with Gasteiger partial charge in [-0.2, -0.15) is 0 Å². The predicted molar refractivity (Wildman–Crippen MR) is 123 cm³/mol. The van der Waals surface area contributed by atoms with Gasteiger partial charge >= 0.3 is 5.69 Å². The van der Waals surface area contributed by atoms with Crippen molar-refractivity contribution in [2.45, 2.75) is 45.6 Å². The first-order chi connectivity index (χ1) is 15.0. The summed E-state index contributed by atoms with van der Waals surface area (Å²) in [5, 5.41) is 1.22. The molecule has 5 rings (SSSR count). The van der Waals surface area contributed by atoms with Crippen molar-refractivity contribution < 1.29 is 4.74 Å². The minimum absolute atomic E-state index is 0.0590. The number of rotatable bonds is 3. The van der Waals surface area contributed by atoms with Gasteiger partial charge in [-0.15, -0.1) is 0 Å². The van der Waals surface area contributed by atoms with Gasteiger partial charge in [-0.05, 0) is 49.9 Å². The minimum atomic E-state index is -0.333. The third-order valence-electron chi connectivity index (χ3n) is 6.63. The van der Waals surface area contributed by atoms with E-state index in [4.69, 9.17) is 4.74 Å². The summed E-state index contributed by atoms with van der Waals surface area (Å²) >= 11 is 0. The number of benzene rings is 2. The summed E-state index contributed by atoms with van der Waals surface area (Å²) in [5.74, 6) is 0.628. The average Bonchev–Trinajstić information content (AvgIpc) is 3.30. The van der Waals surface area contributed by atoms with Crippen molar-refractivity contribution in [1.29, 1.82) is 0 Å². The average molecular weight is 415 g/mol. The molecule has 6 heteroatoms. The summed E-state index contributed by atoms with van der Waals surface area (Å²) in [6.07, 6.45) is 5.59. The van der Waals surface area contributed by atoms with Crippen molar-refractivity contribution in [2.24, 2.45) is 0 Å². The topological polar surface area (TPSA) is 66.1 Å². The number of nitrogens with zero attached hydrogens (tertiary/aromatic N) is 3. The molecule has 0 radical (unpaired) electrons. The Kier molecular flexibility index (Phi) is 4.65. The number of ether oxygens (including phenoxy) is 1. The molecule has 1 aliphatic rings. The van der Waals surface area contributed by atoms with E-state index in [9.17, 15) is 9.59 Å². The number of hydrogen-bond acceptors (Lipinski definition) is 4. The van der Waals surface area contributed by atoms with Crippen molar-refractivity contribution in [3.8, 4) is 11.4 Å². The molecule has 4 aromatic rings. The fourth-order valence-corrected chi connectivity index (χ4v) is 4.86. The van der Waals surface area contributed by atoms with Crippen LogP contribution in [0.15, 0.2) is 52.2 Å². The maximum absolute atomic E-state index is 13.9. The number of hydrogen-bond donors (Lipinski definition) is 0. The Balaban J connectivity index is 1.99. The number of aromatic nitrogens is 3. The van der Waals surface area contributed by atoms with E-state index in [2.05, 4.69) is 4.98 Å². The Morgan fingerprint density at radius 2 is 1.74 bits per heavy atom. The van der Waals surface area contributed by atoms with Gasteiger partial charge in [0.05, 0.1) is 23.7 Å². The van der Waals surface area contributed by atoms with E-state index >= 15 is 0 Å². The second-order valence-corrected chi connectivity index (χ2v) is 8.33. The molecule has 1 fully saturated rings. The van der Waals surface area contributed by atoms with Crippen molar-refractivity contribution >= 4 is 21.8 Å². The van der Waals surface area contributed by atoms with Crippen LogP contribution in [-0.4, -0.2) is 21.2 Å². The van der Waals surface area contributed by atoms with Gasteiger partial charge in [0.25, 0.3) is 5.56 Å². The molecule has 0 aliphatic heterocycles. The van der Waals surface area contributed by atoms with Crippen LogP contribution in [0.5, 0.6) is 5.75 Å². The molecule has 2 heterocycles. The molecule has 1 saturated carbocycles. The zero-order valence-electron chi connectivity index (χ0n) is 18.0. The number of methoxy groups -OCH3 is 1. The minimum Gasteiger partial charge on any atom is -0.494 e. The number of aryl methyl sites for hydroxylation is 1. The number of fused-ring (bicyclic) bond motifs is 3. The molecule has 0 atom stereocenters. The lowest BCUT2D eigenvalue weighted by Crippen LogP contribution is -2.40. The van der Waals surface area contributed by atoms with Crippen LogP contribution >= 0.6 is 0 Å². The maximum Gasteiger partial charge on any atom is 0.336 e. The summed E-state index contributed by atoms with van der Waals surface area (Å²) in [5.41, 5.74) is 3.30. The summed E-state index contributed by atoms with van der Waals surface area (Å²) in [4.78, 5) is 32.1. The molecule has 6 nitrogen and oxygen atoms in total. The highest BCUT2D eigenvalue weighted by Gasteiger charge is 2.26. The van der Waals surface area contributed by atoms with Crippen molar-refractivity contribution in [3.63, 3.8) is 0 Å². The molecule has 0 amide bonds. The summed E-state index contributed by atoms with van der Waals surface area (Å²) < 4.78 is 8.66. The Bertz CT molecular complexity index is 1440. The van der Waals surface area contributed by atoms with E-state index in [0.717, 1.165) is 42.2 Å². The van der Waals surface area contributed by atoms with Crippen molar-refractivity contribution in [3.05, 3.63) is 74.6 Å². The predicted octanol–water partition coefficient (Wildman–Crippen LogP) is 4.44. The van der Waals surface area contributed by atoms with E-state index < -0.39 is 0 Å². The van der Waals surface area contributed by atoms with E-state index in [1.165, 1.54) is 4.57 Å². The van der Waals surface area contributed by atoms with Gasteiger partial charge < -0.3 is 4.74 Å². The highest BCUT2D eigenvalue weighted by molar-refractivity contribution is 6.05. The van der Waals surface area contributed by atoms with Gasteiger partial charge in [-0.1, -0.05) is 37.1 Å². The third kappa shape index (κ3) is 2.89. The maximum atomic E-state index is 13.9. The lowest BCUT2D eigenvalue weighted by molar-refractivity contribution is 0.419. The second-order valence-electron chi connectivity index (χ2n) is 8.33. The van der Waals surface area contributed by atoms with Gasteiger partial charge in [-0.25, -0.2) is 9.36 Å². The van der Waals surface area contributed by atoms with Crippen LogP contribution in [0, 0.1) is 13.8 Å². The fourth-order valence-electron chi connectivity index (χ4n) is 4.86. The molecule has 0 unspecified atom stereocenters. The SMILES string of the molecule is COc1cccc2c1ncc1c(=O)n(-c3cccc(C)c3C)c(=O)n(C3CCCC3)c12. The first kappa shape index (κ1) is 19.5. The lowest BCUT2D eigenvalue weighted by Gasteiger charge is -2.21. The second kappa shape index (κ2) is 7.38. The molecule has 0 bridgehead atoms. The smallest absolute Gasteiger partial charge is 0.336 e. The molecular formula is C25H25N3O3. The van der Waals surface area contributed by atoms with Crippen LogP contribution in [0.4, 0.5) is 0 Å². The summed E-state index contributed by atoms with van der Waals surface area (Å²) in [6, 6.07) is 11.4. The van der Waals surface area contributed by atoms with Crippen molar-refractivity contribution in [1.82, 2.24) is 14.1 Å². The van der Waals surface area contributed by atoms with Crippen LogP contribution in [-0.2, 0) is 0 Å². The summed E-state index contributed by atoms with van der Waals surface area (Å²) in [7, 11) is 1.60. The van der Waals surface area contributed by atoms with Crippen molar-refractivity contribution in [2.75, 3.05) is 7.11 Å². The summed E-state index contributed by atoms with van der Waals surface area (Å²) in [6.45, 7) is 3.94. The first-order valence-corrected chi connectivity index (χ1v) is 10.7. The van der Waals surface area contributed by atoms with Gasteiger partial charge in [0.15, 0.2) is 0 Å². The molecule has 31 heavy (non-hydrogen) atoms. The van der Waals surface area contributed by atoms with Gasteiger partial charge in [0.1, 0.15) is 11.3 Å². The van der Waals surface area contributed by atoms with Crippen LogP contribution in [0.1, 0.15) is 42.9 Å². The first-order valence-electron chi connectivity index (χ1n) is 10.7. The van der Waals surface area contributed by atoms with Gasteiger partial charge in [0.2, 0.25) is 0 Å². The van der Waals surface area contributed by atoms with Gasteiger partial charge in [-0.3, -0.25) is 14.3 Å². The molecule has 158 valence electrons. The Morgan fingerprint density at radius 1 is 1.00 bits per heavy atom. The van der Waals surface area contributed by atoms with E-state index in [0.29, 0.717) is 27.9 Å². The third-order valence-corrected chi connectivity index (χ3v) is 6.63. The fraction of sp³-hybridized carbons (Fsp3) is 0.320. The monoisotopic (exact) mass is 415 g/mol.